The third kappa shape index (κ3) is 3.27. The van der Waals surface area contributed by atoms with Gasteiger partial charge in [0.1, 0.15) is 0 Å². The molecule has 0 amide bonds. The molecule has 1 aromatic heterocycles. The molecular weight excluding hydrogens is 210 g/mol. The molecule has 1 saturated heterocycles. The molecule has 0 saturated carbocycles. The zero-order valence-corrected chi connectivity index (χ0v) is 10.7. The number of nitrogens with zero attached hydrogens (tertiary/aromatic N) is 2. The van der Waals surface area contributed by atoms with Crippen LogP contribution in [-0.2, 0) is 13.1 Å². The first-order valence-electron chi connectivity index (χ1n) is 6.68. The Bertz CT molecular complexity index is 351. The topological polar surface area (TPSA) is 42.2 Å². The minimum absolute atomic E-state index is 0.544. The van der Waals surface area contributed by atoms with Crippen LogP contribution in [-0.4, -0.2) is 23.0 Å². The quantitative estimate of drug-likeness (QED) is 0.847. The first-order valence-corrected chi connectivity index (χ1v) is 6.68. The van der Waals surface area contributed by atoms with Crippen LogP contribution in [0.15, 0.2) is 18.3 Å². The van der Waals surface area contributed by atoms with Gasteiger partial charge in [-0.25, -0.2) is 0 Å². The highest BCUT2D eigenvalue weighted by Crippen LogP contribution is 2.22. The Hall–Kier alpha value is -0.930. The van der Waals surface area contributed by atoms with Crippen molar-refractivity contribution in [2.75, 3.05) is 13.1 Å². The molecule has 17 heavy (non-hydrogen) atoms. The Kier molecular flexibility index (Phi) is 4.51. The van der Waals surface area contributed by atoms with Gasteiger partial charge < -0.3 is 5.73 Å². The fraction of sp³-hybridized carbons (Fsp3) is 0.643. The molecule has 1 aliphatic rings. The van der Waals surface area contributed by atoms with E-state index in [0.717, 1.165) is 18.2 Å². The van der Waals surface area contributed by atoms with Crippen LogP contribution >= 0.6 is 0 Å². The van der Waals surface area contributed by atoms with Crippen LogP contribution in [0.3, 0.4) is 0 Å². The summed E-state index contributed by atoms with van der Waals surface area (Å²) in [4.78, 5) is 6.88. The van der Waals surface area contributed by atoms with E-state index in [-0.39, 0.29) is 0 Å². The number of rotatable bonds is 5. The Balaban J connectivity index is 1.93. The van der Waals surface area contributed by atoms with Gasteiger partial charge in [-0.15, -0.1) is 0 Å². The standard InChI is InChI=1S/C14H23N3/c1-2-4-12-6-8-17(10-12)11-13-5-3-7-16-14(13)9-15/h3,5,7,12H,2,4,6,8-11,15H2,1H3. The molecule has 1 atom stereocenters. The lowest BCUT2D eigenvalue weighted by Crippen LogP contribution is -2.21. The molecule has 2 rings (SSSR count). The fourth-order valence-electron chi connectivity index (χ4n) is 2.74. The van der Waals surface area contributed by atoms with E-state index in [1.807, 2.05) is 12.3 Å². The molecule has 94 valence electrons. The maximum atomic E-state index is 5.72. The van der Waals surface area contributed by atoms with Gasteiger partial charge in [0.05, 0.1) is 5.69 Å². The first-order chi connectivity index (χ1) is 8.33. The van der Waals surface area contributed by atoms with Crippen molar-refractivity contribution in [2.24, 2.45) is 11.7 Å². The molecule has 0 radical (unpaired) electrons. The Morgan fingerprint density at radius 3 is 3.18 bits per heavy atom. The zero-order chi connectivity index (χ0) is 12.1. The van der Waals surface area contributed by atoms with Gasteiger partial charge in [-0.3, -0.25) is 9.88 Å². The second kappa shape index (κ2) is 6.12. The van der Waals surface area contributed by atoms with Crippen LogP contribution in [0.4, 0.5) is 0 Å². The van der Waals surface area contributed by atoms with Gasteiger partial charge in [0.2, 0.25) is 0 Å². The minimum atomic E-state index is 0.544. The van der Waals surface area contributed by atoms with E-state index in [1.165, 1.54) is 37.9 Å². The average molecular weight is 233 g/mol. The fourth-order valence-corrected chi connectivity index (χ4v) is 2.74. The van der Waals surface area contributed by atoms with E-state index in [4.69, 9.17) is 5.73 Å². The van der Waals surface area contributed by atoms with E-state index >= 15 is 0 Å². The predicted octanol–water partition coefficient (Wildman–Crippen LogP) is 2.16. The summed E-state index contributed by atoms with van der Waals surface area (Å²) in [6.07, 6.45) is 5.86. The SMILES string of the molecule is CCCC1CCN(Cc2cccnc2CN)C1. The van der Waals surface area contributed by atoms with E-state index in [1.54, 1.807) is 0 Å². The van der Waals surface area contributed by atoms with Gasteiger partial charge in [-0.2, -0.15) is 0 Å². The van der Waals surface area contributed by atoms with Crippen molar-refractivity contribution in [3.05, 3.63) is 29.6 Å². The third-order valence-electron chi connectivity index (χ3n) is 3.64. The summed E-state index contributed by atoms with van der Waals surface area (Å²) in [5.41, 5.74) is 8.06. The second-order valence-corrected chi connectivity index (χ2v) is 4.99. The van der Waals surface area contributed by atoms with Crippen LogP contribution in [0.25, 0.3) is 0 Å². The van der Waals surface area contributed by atoms with Gasteiger partial charge in [0, 0.05) is 25.8 Å². The van der Waals surface area contributed by atoms with Gasteiger partial charge in [-0.1, -0.05) is 19.4 Å². The van der Waals surface area contributed by atoms with Gasteiger partial charge in [0.25, 0.3) is 0 Å². The van der Waals surface area contributed by atoms with Crippen LogP contribution in [0, 0.1) is 5.92 Å². The van der Waals surface area contributed by atoms with Crippen molar-refractivity contribution >= 4 is 0 Å². The van der Waals surface area contributed by atoms with Crippen molar-refractivity contribution < 1.29 is 0 Å². The number of nitrogens with two attached hydrogens (primary N) is 1. The van der Waals surface area contributed by atoms with Crippen molar-refractivity contribution in [2.45, 2.75) is 39.3 Å². The Labute approximate surface area is 104 Å². The summed E-state index contributed by atoms with van der Waals surface area (Å²) in [6.45, 7) is 6.30. The lowest BCUT2D eigenvalue weighted by atomic mass is 10.0. The zero-order valence-electron chi connectivity index (χ0n) is 10.7. The summed E-state index contributed by atoms with van der Waals surface area (Å²) in [7, 11) is 0. The van der Waals surface area contributed by atoms with Crippen LogP contribution in [0.1, 0.15) is 37.4 Å². The number of hydrogen-bond acceptors (Lipinski definition) is 3. The Morgan fingerprint density at radius 1 is 1.53 bits per heavy atom. The molecule has 1 aromatic rings. The van der Waals surface area contributed by atoms with E-state index in [0.29, 0.717) is 6.54 Å². The first kappa shape index (κ1) is 12.5. The van der Waals surface area contributed by atoms with Crippen molar-refractivity contribution in [3.63, 3.8) is 0 Å². The van der Waals surface area contributed by atoms with Crippen molar-refractivity contribution in [3.8, 4) is 0 Å². The van der Waals surface area contributed by atoms with Gasteiger partial charge in [-0.05, 0) is 36.9 Å². The number of hydrogen-bond donors (Lipinski definition) is 1. The summed E-state index contributed by atoms with van der Waals surface area (Å²) in [6, 6.07) is 4.16. The van der Waals surface area contributed by atoms with Crippen molar-refractivity contribution in [1.82, 2.24) is 9.88 Å². The van der Waals surface area contributed by atoms with E-state index in [2.05, 4.69) is 22.9 Å². The molecule has 2 N–H and O–H groups in total. The molecule has 0 aromatic carbocycles. The molecule has 0 spiro atoms. The largest absolute Gasteiger partial charge is 0.325 e. The molecule has 3 nitrogen and oxygen atoms in total. The molecular formula is C14H23N3. The molecule has 1 fully saturated rings. The Morgan fingerprint density at radius 2 is 2.41 bits per heavy atom. The average Bonchev–Trinajstić information content (AvgIpc) is 2.78. The highest BCUT2D eigenvalue weighted by Gasteiger charge is 2.22. The van der Waals surface area contributed by atoms with Crippen LogP contribution in [0.2, 0.25) is 0 Å². The minimum Gasteiger partial charge on any atom is -0.325 e. The maximum Gasteiger partial charge on any atom is 0.0584 e. The summed E-state index contributed by atoms with van der Waals surface area (Å²) in [5, 5.41) is 0. The lowest BCUT2D eigenvalue weighted by Gasteiger charge is -2.17. The smallest absolute Gasteiger partial charge is 0.0584 e. The summed E-state index contributed by atoms with van der Waals surface area (Å²) >= 11 is 0. The van der Waals surface area contributed by atoms with Crippen LogP contribution in [0.5, 0.6) is 0 Å². The van der Waals surface area contributed by atoms with E-state index in [9.17, 15) is 0 Å². The van der Waals surface area contributed by atoms with Gasteiger partial charge in [0.15, 0.2) is 0 Å². The molecule has 1 aliphatic heterocycles. The monoisotopic (exact) mass is 233 g/mol. The highest BCUT2D eigenvalue weighted by molar-refractivity contribution is 5.19. The third-order valence-corrected chi connectivity index (χ3v) is 3.64. The number of pyridine rings is 1. The molecule has 3 heteroatoms. The lowest BCUT2D eigenvalue weighted by molar-refractivity contribution is 0.311. The van der Waals surface area contributed by atoms with Crippen molar-refractivity contribution in [1.29, 1.82) is 0 Å². The maximum absolute atomic E-state index is 5.72. The molecule has 1 unspecified atom stereocenters. The number of likely N-dealkylation sites (tertiary alicyclic amines) is 1. The van der Waals surface area contributed by atoms with Gasteiger partial charge >= 0.3 is 0 Å². The predicted molar refractivity (Wildman–Crippen MR) is 70.4 cm³/mol. The molecule has 0 aliphatic carbocycles. The summed E-state index contributed by atoms with van der Waals surface area (Å²) in [5.74, 6) is 0.901. The summed E-state index contributed by atoms with van der Waals surface area (Å²) < 4.78 is 0. The second-order valence-electron chi connectivity index (χ2n) is 4.99. The molecule has 2 heterocycles. The van der Waals surface area contributed by atoms with Crippen LogP contribution < -0.4 is 5.73 Å². The normalized spacial score (nSPS) is 20.9. The highest BCUT2D eigenvalue weighted by atomic mass is 15.1. The number of aromatic nitrogens is 1. The molecule has 0 bridgehead atoms. The van der Waals surface area contributed by atoms with E-state index < -0.39 is 0 Å².